The number of anilines is 2. The van der Waals surface area contributed by atoms with Crippen molar-refractivity contribution in [1.29, 1.82) is 0 Å². The van der Waals surface area contributed by atoms with Crippen molar-refractivity contribution >= 4 is 35.7 Å². The number of hydrogen-bond acceptors (Lipinski definition) is 3. The highest BCUT2D eigenvalue weighted by molar-refractivity contribution is 5.92. The highest BCUT2D eigenvalue weighted by Crippen LogP contribution is 2.32. The van der Waals surface area contributed by atoms with E-state index in [0.29, 0.717) is 24.4 Å². The fraction of sp³-hybridized carbons (Fsp3) is 0.636. The largest absolute Gasteiger partial charge is 0.326 e. The van der Waals surface area contributed by atoms with Gasteiger partial charge < -0.3 is 20.9 Å². The Bertz CT molecular complexity index is 677. The number of piperidine rings is 1. The molecule has 1 aromatic carbocycles. The van der Waals surface area contributed by atoms with E-state index >= 15 is 0 Å². The molecule has 0 aromatic heterocycles. The van der Waals surface area contributed by atoms with Gasteiger partial charge in [0.25, 0.3) is 0 Å². The lowest BCUT2D eigenvalue weighted by molar-refractivity contribution is -0.117. The van der Waals surface area contributed by atoms with Gasteiger partial charge in [-0.25, -0.2) is 4.79 Å². The van der Waals surface area contributed by atoms with Gasteiger partial charge in [0.15, 0.2) is 0 Å². The molecule has 3 amide bonds. The molecule has 1 aromatic rings. The number of nitrogens with zero attached hydrogens (tertiary/aromatic N) is 1. The number of benzene rings is 1. The molecule has 160 valence electrons. The van der Waals surface area contributed by atoms with E-state index in [2.05, 4.69) is 16.0 Å². The average molecular weight is 421 g/mol. The summed E-state index contributed by atoms with van der Waals surface area (Å²) in [6.07, 6.45) is 9.92. The summed E-state index contributed by atoms with van der Waals surface area (Å²) >= 11 is 0. The summed E-state index contributed by atoms with van der Waals surface area (Å²) in [7, 11) is 0. The molecule has 7 heteroatoms. The van der Waals surface area contributed by atoms with Gasteiger partial charge in [0.05, 0.1) is 0 Å². The molecule has 2 bridgehead atoms. The van der Waals surface area contributed by atoms with Crippen molar-refractivity contribution in [3.63, 3.8) is 0 Å². The zero-order chi connectivity index (χ0) is 19.3. The molecule has 2 atom stereocenters. The fourth-order valence-corrected chi connectivity index (χ4v) is 4.93. The van der Waals surface area contributed by atoms with Crippen LogP contribution in [0.1, 0.15) is 57.8 Å². The van der Waals surface area contributed by atoms with Crippen LogP contribution in [-0.2, 0) is 4.79 Å². The zero-order valence-corrected chi connectivity index (χ0v) is 17.8. The minimum Gasteiger partial charge on any atom is -0.326 e. The maximum Gasteiger partial charge on any atom is 0.321 e. The van der Waals surface area contributed by atoms with Crippen molar-refractivity contribution in [2.45, 2.75) is 69.9 Å². The van der Waals surface area contributed by atoms with Crippen molar-refractivity contribution in [2.24, 2.45) is 5.92 Å². The van der Waals surface area contributed by atoms with E-state index in [4.69, 9.17) is 0 Å². The minimum atomic E-state index is -0.0285. The van der Waals surface area contributed by atoms with E-state index in [9.17, 15) is 9.59 Å². The third-order valence-corrected chi connectivity index (χ3v) is 6.36. The number of amides is 3. The first-order chi connectivity index (χ1) is 13.7. The number of rotatable bonds is 4. The molecular weight excluding hydrogens is 388 g/mol. The van der Waals surface area contributed by atoms with Crippen LogP contribution >= 0.6 is 12.4 Å². The van der Waals surface area contributed by atoms with Gasteiger partial charge in [0.2, 0.25) is 5.91 Å². The van der Waals surface area contributed by atoms with Crippen LogP contribution < -0.4 is 16.0 Å². The number of likely N-dealkylation sites (tertiary alicyclic amines) is 1. The van der Waals surface area contributed by atoms with Gasteiger partial charge in [0.1, 0.15) is 0 Å². The van der Waals surface area contributed by atoms with Crippen LogP contribution in [0.4, 0.5) is 16.2 Å². The molecule has 3 N–H and O–H groups in total. The van der Waals surface area contributed by atoms with E-state index < -0.39 is 0 Å². The van der Waals surface area contributed by atoms with E-state index in [1.807, 2.05) is 29.2 Å². The third kappa shape index (κ3) is 6.09. The molecule has 3 aliphatic rings. The van der Waals surface area contributed by atoms with E-state index in [1.165, 1.54) is 25.7 Å². The Morgan fingerprint density at radius 3 is 2.03 bits per heavy atom. The Kier molecular flexibility index (Phi) is 7.78. The van der Waals surface area contributed by atoms with E-state index in [-0.39, 0.29) is 24.3 Å². The molecule has 3 saturated heterocycles. The Hall–Kier alpha value is -1.79. The lowest BCUT2D eigenvalue weighted by Crippen LogP contribution is -2.39. The smallest absolute Gasteiger partial charge is 0.321 e. The van der Waals surface area contributed by atoms with Gasteiger partial charge in [-0.2, -0.15) is 0 Å². The first-order valence-electron chi connectivity index (χ1n) is 10.9. The van der Waals surface area contributed by atoms with Gasteiger partial charge in [-0.15, -0.1) is 12.4 Å². The summed E-state index contributed by atoms with van der Waals surface area (Å²) < 4.78 is 0. The maximum atomic E-state index is 12.4. The number of carbonyl (C=O) groups is 2. The van der Waals surface area contributed by atoms with E-state index in [1.54, 1.807) is 0 Å². The lowest BCUT2D eigenvalue weighted by atomic mass is 9.89. The topological polar surface area (TPSA) is 73.5 Å². The van der Waals surface area contributed by atoms with Gasteiger partial charge in [-0.1, -0.05) is 12.8 Å². The van der Waals surface area contributed by atoms with Gasteiger partial charge in [-0.05, 0) is 68.7 Å². The number of urea groups is 1. The molecule has 29 heavy (non-hydrogen) atoms. The molecular formula is C22H33ClN4O2. The van der Waals surface area contributed by atoms with Crippen molar-refractivity contribution in [2.75, 3.05) is 23.7 Å². The third-order valence-electron chi connectivity index (χ3n) is 6.36. The molecule has 4 rings (SSSR count). The molecule has 0 spiro atoms. The second-order valence-corrected chi connectivity index (χ2v) is 8.64. The van der Waals surface area contributed by atoms with E-state index in [0.717, 1.165) is 50.1 Å². The summed E-state index contributed by atoms with van der Waals surface area (Å²) in [6, 6.07) is 8.64. The Balaban J connectivity index is 0.00000240. The van der Waals surface area contributed by atoms with Gasteiger partial charge in [-0.3, -0.25) is 4.79 Å². The Morgan fingerprint density at radius 1 is 0.897 bits per heavy atom. The Morgan fingerprint density at radius 2 is 1.45 bits per heavy atom. The van der Waals surface area contributed by atoms with Gasteiger partial charge >= 0.3 is 6.03 Å². The van der Waals surface area contributed by atoms with Crippen molar-refractivity contribution in [3.05, 3.63) is 24.3 Å². The first kappa shape index (κ1) is 21.9. The predicted octanol–water partition coefficient (Wildman–Crippen LogP) is 4.38. The van der Waals surface area contributed by atoms with Crippen LogP contribution in [0.15, 0.2) is 24.3 Å². The molecule has 0 aliphatic carbocycles. The van der Waals surface area contributed by atoms with Crippen LogP contribution in [0, 0.1) is 5.92 Å². The molecule has 0 saturated carbocycles. The summed E-state index contributed by atoms with van der Waals surface area (Å²) in [5, 5.41) is 9.60. The predicted molar refractivity (Wildman–Crippen MR) is 119 cm³/mol. The summed E-state index contributed by atoms with van der Waals surface area (Å²) in [5.41, 5.74) is 1.55. The van der Waals surface area contributed by atoms with Crippen LogP contribution in [0.5, 0.6) is 0 Å². The lowest BCUT2D eigenvalue weighted by Gasteiger charge is -2.28. The number of halogens is 1. The normalized spacial score (nSPS) is 26.2. The standard InChI is InChI=1S/C22H32N4O2.ClH/c27-21(15-16-13-19-9-10-20(14-16)23-19)24-17-5-7-18(8-6-17)25-22(28)26-11-3-1-2-4-12-26;/h5-8,16,19-20,23H,1-4,9-15H2,(H,24,27)(H,25,28);1H. The highest BCUT2D eigenvalue weighted by Gasteiger charge is 2.34. The molecule has 6 nitrogen and oxygen atoms in total. The molecule has 3 heterocycles. The molecule has 0 radical (unpaired) electrons. The van der Waals surface area contributed by atoms with Crippen molar-refractivity contribution < 1.29 is 9.59 Å². The van der Waals surface area contributed by atoms with Crippen LogP contribution in [-0.4, -0.2) is 42.0 Å². The Labute approximate surface area is 179 Å². The van der Waals surface area contributed by atoms with Crippen molar-refractivity contribution in [3.8, 4) is 0 Å². The highest BCUT2D eigenvalue weighted by atomic mass is 35.5. The van der Waals surface area contributed by atoms with Crippen LogP contribution in [0.2, 0.25) is 0 Å². The fourth-order valence-electron chi connectivity index (χ4n) is 4.93. The van der Waals surface area contributed by atoms with Crippen molar-refractivity contribution in [1.82, 2.24) is 10.2 Å². The quantitative estimate of drug-likeness (QED) is 0.676. The number of hydrogen-bond donors (Lipinski definition) is 3. The second kappa shape index (κ2) is 10.3. The minimum absolute atomic E-state index is 0. The summed E-state index contributed by atoms with van der Waals surface area (Å²) in [6.45, 7) is 1.66. The second-order valence-electron chi connectivity index (χ2n) is 8.64. The number of nitrogens with one attached hydrogen (secondary N) is 3. The summed E-state index contributed by atoms with van der Waals surface area (Å²) in [4.78, 5) is 26.7. The maximum absolute atomic E-state index is 12.4. The number of fused-ring (bicyclic) bond motifs is 2. The molecule has 3 aliphatic heterocycles. The monoisotopic (exact) mass is 420 g/mol. The number of carbonyl (C=O) groups excluding carboxylic acids is 2. The average Bonchev–Trinajstić information content (AvgIpc) is 2.88. The first-order valence-corrected chi connectivity index (χ1v) is 10.9. The van der Waals surface area contributed by atoms with Crippen LogP contribution in [0.3, 0.4) is 0 Å². The summed E-state index contributed by atoms with van der Waals surface area (Å²) in [5.74, 6) is 0.582. The SMILES string of the molecule is Cl.O=C(CC1CC2CCC(C1)N2)Nc1ccc(NC(=O)N2CCCCCC2)cc1. The molecule has 3 fully saturated rings. The van der Waals surface area contributed by atoms with Crippen LogP contribution in [0.25, 0.3) is 0 Å². The molecule has 2 unspecified atom stereocenters. The van der Waals surface area contributed by atoms with Gasteiger partial charge in [0, 0.05) is 43.0 Å². The zero-order valence-electron chi connectivity index (χ0n) is 17.0.